The molecule has 3 atom stereocenters. The number of hydrogen-bond donors (Lipinski definition) is 1. The van der Waals surface area contributed by atoms with Gasteiger partial charge in [0.1, 0.15) is 12.1 Å². The van der Waals surface area contributed by atoms with Crippen LogP contribution in [0.4, 0.5) is 0 Å². The van der Waals surface area contributed by atoms with Gasteiger partial charge in [-0.15, -0.1) is 0 Å². The van der Waals surface area contributed by atoms with Crippen molar-refractivity contribution in [3.05, 3.63) is 23.3 Å². The molecular formula is C24H36N2O5. The van der Waals surface area contributed by atoms with Crippen molar-refractivity contribution in [3.63, 3.8) is 0 Å². The van der Waals surface area contributed by atoms with Crippen LogP contribution in [0.15, 0.2) is 12.1 Å². The lowest BCUT2D eigenvalue weighted by Crippen LogP contribution is -2.49. The van der Waals surface area contributed by atoms with E-state index >= 15 is 0 Å². The van der Waals surface area contributed by atoms with Gasteiger partial charge in [-0.2, -0.15) is 0 Å². The zero-order valence-corrected chi connectivity index (χ0v) is 19.6. The summed E-state index contributed by atoms with van der Waals surface area (Å²) in [4.78, 5) is 27.7. The minimum absolute atomic E-state index is 0.0149. The lowest BCUT2D eigenvalue weighted by molar-refractivity contribution is -0.157. The van der Waals surface area contributed by atoms with E-state index in [0.29, 0.717) is 48.9 Å². The first-order chi connectivity index (χ1) is 14.6. The van der Waals surface area contributed by atoms with Gasteiger partial charge in [0.15, 0.2) is 17.3 Å². The molecule has 0 bridgehead atoms. The quantitative estimate of drug-likeness (QED) is 0.661. The Morgan fingerprint density at radius 1 is 1.23 bits per heavy atom. The number of Topliss-reactive ketones (excluding diaryl/α,β-unsaturated/α-hetero) is 1. The van der Waals surface area contributed by atoms with Gasteiger partial charge in [-0.1, -0.05) is 27.7 Å². The van der Waals surface area contributed by atoms with Crippen LogP contribution in [-0.4, -0.2) is 56.1 Å². The van der Waals surface area contributed by atoms with Crippen molar-refractivity contribution >= 4 is 11.8 Å². The molecule has 172 valence electrons. The van der Waals surface area contributed by atoms with E-state index in [9.17, 15) is 9.59 Å². The van der Waals surface area contributed by atoms with E-state index in [2.05, 4.69) is 18.7 Å². The molecule has 1 fully saturated rings. The summed E-state index contributed by atoms with van der Waals surface area (Å²) in [7, 11) is 3.14. The molecule has 31 heavy (non-hydrogen) atoms. The van der Waals surface area contributed by atoms with Crippen LogP contribution in [0.3, 0.4) is 0 Å². The maximum Gasteiger partial charge on any atom is 0.323 e. The highest BCUT2D eigenvalue weighted by Gasteiger charge is 2.40. The highest BCUT2D eigenvalue weighted by Crippen LogP contribution is 2.42. The molecule has 2 aliphatic rings. The Balaban J connectivity index is 1.77. The smallest absolute Gasteiger partial charge is 0.323 e. The number of hydrogen-bond acceptors (Lipinski definition) is 7. The van der Waals surface area contributed by atoms with Crippen molar-refractivity contribution in [2.45, 2.75) is 65.1 Å². The summed E-state index contributed by atoms with van der Waals surface area (Å²) < 4.78 is 16.7. The zero-order valence-electron chi connectivity index (χ0n) is 19.6. The third kappa shape index (κ3) is 4.88. The predicted molar refractivity (Wildman–Crippen MR) is 119 cm³/mol. The third-order valence-corrected chi connectivity index (χ3v) is 6.54. The molecule has 3 rings (SSSR count). The van der Waals surface area contributed by atoms with Gasteiger partial charge in [0.2, 0.25) is 0 Å². The molecule has 0 saturated carbocycles. The summed E-state index contributed by atoms with van der Waals surface area (Å²) in [5, 5.41) is 0. The van der Waals surface area contributed by atoms with Gasteiger partial charge in [0.25, 0.3) is 0 Å². The van der Waals surface area contributed by atoms with E-state index in [1.807, 2.05) is 19.9 Å². The fourth-order valence-corrected chi connectivity index (χ4v) is 5.02. The zero-order chi connectivity index (χ0) is 22.9. The molecule has 0 aliphatic carbocycles. The Morgan fingerprint density at radius 3 is 2.48 bits per heavy atom. The number of nitrogens with zero attached hydrogens (tertiary/aromatic N) is 1. The molecular weight excluding hydrogens is 396 g/mol. The van der Waals surface area contributed by atoms with E-state index < -0.39 is 6.04 Å². The molecule has 2 aliphatic heterocycles. The Hall–Kier alpha value is -2.12. The van der Waals surface area contributed by atoms with Gasteiger partial charge in [0.05, 0.1) is 20.8 Å². The minimum atomic E-state index is -0.669. The van der Waals surface area contributed by atoms with Crippen LogP contribution in [-0.2, 0) is 9.53 Å². The SMILES string of the molecule is COc1cc2c(cc1OC)[C@H]1CC(OC(=O)[C@H](N)C(C)(C)CC(C)C)CCN1CC2=O. The highest BCUT2D eigenvalue weighted by atomic mass is 16.5. The average molecular weight is 433 g/mol. The topological polar surface area (TPSA) is 91.1 Å². The lowest BCUT2D eigenvalue weighted by atomic mass is 9.78. The van der Waals surface area contributed by atoms with Gasteiger partial charge in [-0.05, 0) is 41.9 Å². The number of nitrogens with two attached hydrogens (primary N) is 1. The summed E-state index contributed by atoms with van der Waals surface area (Å²) in [6.07, 6.45) is 1.93. The van der Waals surface area contributed by atoms with E-state index in [-0.39, 0.29) is 29.3 Å². The second-order valence-corrected chi connectivity index (χ2v) is 9.85. The largest absolute Gasteiger partial charge is 0.493 e. The number of benzene rings is 1. The molecule has 1 saturated heterocycles. The Bertz CT molecular complexity index is 836. The van der Waals surface area contributed by atoms with Crippen molar-refractivity contribution in [3.8, 4) is 11.5 Å². The number of ketones is 1. The van der Waals surface area contributed by atoms with E-state index in [4.69, 9.17) is 19.9 Å². The fourth-order valence-electron chi connectivity index (χ4n) is 5.02. The fraction of sp³-hybridized carbons (Fsp3) is 0.667. The number of rotatable bonds is 7. The molecule has 0 spiro atoms. The van der Waals surface area contributed by atoms with Crippen molar-refractivity contribution < 1.29 is 23.8 Å². The maximum absolute atomic E-state index is 12.8. The molecule has 2 N–H and O–H groups in total. The third-order valence-electron chi connectivity index (χ3n) is 6.54. The summed E-state index contributed by atoms with van der Waals surface area (Å²) in [5.41, 5.74) is 7.52. The average Bonchev–Trinajstić information content (AvgIpc) is 2.71. The second kappa shape index (κ2) is 9.17. The number of ether oxygens (including phenoxy) is 3. The summed E-state index contributed by atoms with van der Waals surface area (Å²) in [6.45, 7) is 9.33. The van der Waals surface area contributed by atoms with Gasteiger partial charge < -0.3 is 19.9 Å². The van der Waals surface area contributed by atoms with Crippen LogP contribution in [0, 0.1) is 11.3 Å². The van der Waals surface area contributed by atoms with Gasteiger partial charge in [-0.3, -0.25) is 14.5 Å². The Morgan fingerprint density at radius 2 is 1.87 bits per heavy atom. The van der Waals surface area contributed by atoms with Crippen LogP contribution in [0.2, 0.25) is 0 Å². The van der Waals surface area contributed by atoms with Crippen LogP contribution >= 0.6 is 0 Å². The normalized spacial score (nSPS) is 22.5. The lowest BCUT2D eigenvalue weighted by Gasteiger charge is -2.43. The van der Waals surface area contributed by atoms with Crippen LogP contribution in [0.25, 0.3) is 0 Å². The monoisotopic (exact) mass is 432 g/mol. The second-order valence-electron chi connectivity index (χ2n) is 9.85. The standard InChI is InChI=1S/C24H36N2O5/c1-14(2)12-24(3,4)22(25)23(28)31-15-7-8-26-13-19(27)17-11-21(30-6)20(29-5)10-16(17)18(26)9-15/h10-11,14-15,18,22H,7-9,12-13,25H2,1-6H3/t15?,18-,22+/m1/s1. The first-order valence-electron chi connectivity index (χ1n) is 11.1. The van der Waals surface area contributed by atoms with E-state index in [1.165, 1.54) is 0 Å². The van der Waals surface area contributed by atoms with Gasteiger partial charge in [-0.25, -0.2) is 0 Å². The summed E-state index contributed by atoms with van der Waals surface area (Å²) in [5.74, 6) is 1.30. The predicted octanol–water partition coefficient (Wildman–Crippen LogP) is 3.35. The molecule has 0 radical (unpaired) electrons. The van der Waals surface area contributed by atoms with Crippen molar-refractivity contribution in [2.75, 3.05) is 27.3 Å². The highest BCUT2D eigenvalue weighted by molar-refractivity contribution is 6.01. The van der Waals surface area contributed by atoms with Crippen LogP contribution in [0.5, 0.6) is 11.5 Å². The van der Waals surface area contributed by atoms with Crippen molar-refractivity contribution in [1.29, 1.82) is 0 Å². The van der Waals surface area contributed by atoms with Crippen molar-refractivity contribution in [2.24, 2.45) is 17.1 Å². The van der Waals surface area contributed by atoms with Crippen LogP contribution in [0.1, 0.15) is 68.9 Å². The van der Waals surface area contributed by atoms with Crippen molar-refractivity contribution in [1.82, 2.24) is 4.90 Å². The van der Waals surface area contributed by atoms with E-state index in [0.717, 1.165) is 12.0 Å². The Labute approximate surface area is 185 Å². The maximum atomic E-state index is 12.8. The molecule has 1 aromatic carbocycles. The minimum Gasteiger partial charge on any atom is -0.493 e. The molecule has 0 aromatic heterocycles. The summed E-state index contributed by atoms with van der Waals surface area (Å²) >= 11 is 0. The summed E-state index contributed by atoms with van der Waals surface area (Å²) in [6, 6.07) is 2.95. The number of piperidine rings is 1. The first-order valence-corrected chi connectivity index (χ1v) is 11.1. The number of esters is 1. The van der Waals surface area contributed by atoms with E-state index in [1.54, 1.807) is 20.3 Å². The number of carbonyl (C=O) groups is 2. The molecule has 7 heteroatoms. The molecule has 7 nitrogen and oxygen atoms in total. The number of methoxy groups -OCH3 is 2. The van der Waals surface area contributed by atoms with Gasteiger partial charge >= 0.3 is 5.97 Å². The molecule has 1 unspecified atom stereocenters. The number of carbonyl (C=O) groups excluding carboxylic acids is 2. The Kier molecular flexibility index (Phi) is 6.96. The first kappa shape index (κ1) is 23.5. The molecule has 1 aromatic rings. The molecule has 2 heterocycles. The van der Waals surface area contributed by atoms with Gasteiger partial charge in [0, 0.05) is 24.6 Å². The van der Waals surface area contributed by atoms with Crippen LogP contribution < -0.4 is 15.2 Å². The number of fused-ring (bicyclic) bond motifs is 3. The molecule has 0 amide bonds.